The quantitative estimate of drug-likeness (QED) is 0.847. The predicted molar refractivity (Wildman–Crippen MR) is 72.1 cm³/mol. The van der Waals surface area contributed by atoms with Crippen LogP contribution in [0.2, 0.25) is 5.02 Å². The molecule has 0 spiro atoms. The highest BCUT2D eigenvalue weighted by atomic mass is 79.9. The van der Waals surface area contributed by atoms with Crippen LogP contribution in [-0.2, 0) is 16.1 Å². The van der Waals surface area contributed by atoms with Gasteiger partial charge >= 0.3 is 5.97 Å². The number of carbonyl (C=O) groups is 1. The van der Waals surface area contributed by atoms with Crippen molar-refractivity contribution in [1.82, 2.24) is 5.32 Å². The monoisotopic (exact) mass is 319 g/mol. The molecule has 1 aromatic rings. The average Bonchev–Trinajstić information content (AvgIpc) is 2.30. The molecular formula is C12H15BrClNO2. The fourth-order valence-electron chi connectivity index (χ4n) is 1.27. The fraction of sp³-hybridized carbons (Fsp3) is 0.417. The summed E-state index contributed by atoms with van der Waals surface area (Å²) in [6.07, 6.45) is 0. The van der Waals surface area contributed by atoms with E-state index in [4.69, 9.17) is 16.3 Å². The number of esters is 1. The van der Waals surface area contributed by atoms with Gasteiger partial charge in [-0.1, -0.05) is 17.7 Å². The third-order valence-electron chi connectivity index (χ3n) is 2.24. The van der Waals surface area contributed by atoms with Crippen LogP contribution in [0.4, 0.5) is 0 Å². The first-order valence-corrected chi connectivity index (χ1v) is 6.55. The maximum absolute atomic E-state index is 11.4. The molecule has 5 heteroatoms. The first kappa shape index (κ1) is 14.5. The Bertz CT molecular complexity index is 398. The molecule has 94 valence electrons. The zero-order chi connectivity index (χ0) is 12.8. The highest BCUT2D eigenvalue weighted by molar-refractivity contribution is 9.10. The molecule has 3 nitrogen and oxygen atoms in total. The van der Waals surface area contributed by atoms with Crippen molar-refractivity contribution in [3.8, 4) is 0 Å². The molecule has 0 aromatic heterocycles. The molecule has 1 aromatic carbocycles. The Morgan fingerprint density at radius 3 is 2.88 bits per heavy atom. The second-order valence-electron chi connectivity index (χ2n) is 3.60. The molecule has 0 heterocycles. The molecule has 0 radical (unpaired) electrons. The summed E-state index contributed by atoms with van der Waals surface area (Å²) in [5.74, 6) is -0.236. The Kier molecular flexibility index (Phi) is 5.95. The number of hydrogen-bond acceptors (Lipinski definition) is 3. The number of carbonyl (C=O) groups excluding carboxylic acids is 1. The summed E-state index contributed by atoms with van der Waals surface area (Å²) in [6.45, 7) is 4.57. The molecule has 0 aliphatic carbocycles. The van der Waals surface area contributed by atoms with Gasteiger partial charge in [-0.3, -0.25) is 4.79 Å². The van der Waals surface area contributed by atoms with Crippen LogP contribution in [0.3, 0.4) is 0 Å². The fourth-order valence-corrected chi connectivity index (χ4v) is 1.81. The summed E-state index contributed by atoms with van der Waals surface area (Å²) in [6, 6.07) is 5.34. The Morgan fingerprint density at radius 2 is 2.29 bits per heavy atom. The topological polar surface area (TPSA) is 38.3 Å². The summed E-state index contributed by atoms with van der Waals surface area (Å²) >= 11 is 9.25. The molecule has 1 atom stereocenters. The van der Waals surface area contributed by atoms with Gasteiger partial charge in [-0.25, -0.2) is 0 Å². The van der Waals surface area contributed by atoms with Gasteiger partial charge in [0.15, 0.2) is 0 Å². The van der Waals surface area contributed by atoms with Gasteiger partial charge in [0.05, 0.1) is 11.6 Å². The smallest absolute Gasteiger partial charge is 0.322 e. The van der Waals surface area contributed by atoms with Crippen LogP contribution in [0.15, 0.2) is 22.7 Å². The van der Waals surface area contributed by atoms with Crippen molar-refractivity contribution >= 4 is 33.5 Å². The van der Waals surface area contributed by atoms with Crippen LogP contribution in [0.25, 0.3) is 0 Å². The largest absolute Gasteiger partial charge is 0.465 e. The lowest BCUT2D eigenvalue weighted by Gasteiger charge is -2.12. The minimum absolute atomic E-state index is 0.236. The molecule has 0 saturated heterocycles. The predicted octanol–water partition coefficient (Wildman–Crippen LogP) is 3.14. The van der Waals surface area contributed by atoms with Gasteiger partial charge in [-0.15, -0.1) is 0 Å². The van der Waals surface area contributed by atoms with Crippen LogP contribution in [0, 0.1) is 0 Å². The number of nitrogens with one attached hydrogen (secondary N) is 1. The third kappa shape index (κ3) is 4.66. The van der Waals surface area contributed by atoms with E-state index in [2.05, 4.69) is 21.2 Å². The number of halogens is 2. The Balaban J connectivity index is 2.50. The van der Waals surface area contributed by atoms with E-state index in [1.54, 1.807) is 13.8 Å². The molecule has 0 saturated carbocycles. The molecular weight excluding hydrogens is 305 g/mol. The Hall–Kier alpha value is -0.580. The maximum Gasteiger partial charge on any atom is 0.322 e. The molecule has 0 fully saturated rings. The summed E-state index contributed by atoms with van der Waals surface area (Å²) in [7, 11) is 0. The first-order chi connectivity index (χ1) is 8.04. The second-order valence-corrected chi connectivity index (χ2v) is 4.86. The molecule has 0 bridgehead atoms. The number of rotatable bonds is 5. The number of benzene rings is 1. The lowest BCUT2D eigenvalue weighted by molar-refractivity contribution is -0.145. The van der Waals surface area contributed by atoms with Gasteiger partial charge in [0.1, 0.15) is 6.04 Å². The van der Waals surface area contributed by atoms with Gasteiger partial charge in [-0.2, -0.15) is 0 Å². The standard InChI is InChI=1S/C12H15BrClNO2/c1-3-17-12(16)8(2)15-7-9-4-5-11(14)10(13)6-9/h4-6,8,15H,3,7H2,1-2H3. The molecule has 1 N–H and O–H groups in total. The van der Waals surface area contributed by atoms with E-state index in [-0.39, 0.29) is 12.0 Å². The van der Waals surface area contributed by atoms with Crippen molar-refractivity contribution in [2.45, 2.75) is 26.4 Å². The van der Waals surface area contributed by atoms with E-state index in [1.807, 2.05) is 18.2 Å². The third-order valence-corrected chi connectivity index (χ3v) is 3.45. The Labute approximate surface area is 115 Å². The number of hydrogen-bond donors (Lipinski definition) is 1. The van der Waals surface area contributed by atoms with E-state index in [0.717, 1.165) is 10.0 Å². The van der Waals surface area contributed by atoms with Crippen molar-refractivity contribution in [1.29, 1.82) is 0 Å². The Morgan fingerprint density at radius 1 is 1.59 bits per heavy atom. The summed E-state index contributed by atoms with van der Waals surface area (Å²) in [5, 5.41) is 3.77. The van der Waals surface area contributed by atoms with Crippen LogP contribution in [-0.4, -0.2) is 18.6 Å². The molecule has 1 unspecified atom stereocenters. The zero-order valence-electron chi connectivity index (χ0n) is 9.80. The lowest BCUT2D eigenvalue weighted by Crippen LogP contribution is -2.34. The molecule has 17 heavy (non-hydrogen) atoms. The normalized spacial score (nSPS) is 12.2. The van der Waals surface area contributed by atoms with E-state index < -0.39 is 0 Å². The van der Waals surface area contributed by atoms with Crippen molar-refractivity contribution in [3.63, 3.8) is 0 Å². The minimum atomic E-state index is -0.315. The van der Waals surface area contributed by atoms with Crippen LogP contribution in [0.5, 0.6) is 0 Å². The van der Waals surface area contributed by atoms with Crippen molar-refractivity contribution in [2.24, 2.45) is 0 Å². The van der Waals surface area contributed by atoms with Gasteiger partial charge < -0.3 is 10.1 Å². The molecule has 0 aliphatic rings. The van der Waals surface area contributed by atoms with Crippen LogP contribution >= 0.6 is 27.5 Å². The average molecular weight is 321 g/mol. The minimum Gasteiger partial charge on any atom is -0.465 e. The SMILES string of the molecule is CCOC(=O)C(C)NCc1ccc(Cl)c(Br)c1. The van der Waals surface area contributed by atoms with E-state index in [9.17, 15) is 4.79 Å². The second kappa shape index (κ2) is 6.99. The van der Waals surface area contributed by atoms with E-state index >= 15 is 0 Å². The van der Waals surface area contributed by atoms with Crippen molar-refractivity contribution < 1.29 is 9.53 Å². The van der Waals surface area contributed by atoms with Gasteiger partial charge in [0.25, 0.3) is 0 Å². The summed E-state index contributed by atoms with van der Waals surface area (Å²) in [4.78, 5) is 11.4. The molecule has 0 aliphatic heterocycles. The maximum atomic E-state index is 11.4. The zero-order valence-corrected chi connectivity index (χ0v) is 12.1. The van der Waals surface area contributed by atoms with E-state index in [0.29, 0.717) is 18.2 Å². The van der Waals surface area contributed by atoms with Gasteiger partial charge in [0, 0.05) is 11.0 Å². The van der Waals surface area contributed by atoms with Crippen molar-refractivity contribution in [3.05, 3.63) is 33.3 Å². The summed E-state index contributed by atoms with van der Waals surface area (Å²) < 4.78 is 5.75. The van der Waals surface area contributed by atoms with Crippen molar-refractivity contribution in [2.75, 3.05) is 6.61 Å². The highest BCUT2D eigenvalue weighted by Gasteiger charge is 2.12. The van der Waals surface area contributed by atoms with Crippen LogP contribution in [0.1, 0.15) is 19.4 Å². The van der Waals surface area contributed by atoms with Gasteiger partial charge in [0.2, 0.25) is 0 Å². The highest BCUT2D eigenvalue weighted by Crippen LogP contribution is 2.23. The van der Waals surface area contributed by atoms with Crippen LogP contribution < -0.4 is 5.32 Å². The first-order valence-electron chi connectivity index (χ1n) is 5.38. The molecule has 1 rings (SSSR count). The summed E-state index contributed by atoms with van der Waals surface area (Å²) in [5.41, 5.74) is 1.05. The lowest BCUT2D eigenvalue weighted by atomic mass is 10.2. The molecule has 0 amide bonds. The number of ether oxygens (including phenoxy) is 1. The van der Waals surface area contributed by atoms with Gasteiger partial charge in [-0.05, 0) is 47.5 Å². The van der Waals surface area contributed by atoms with E-state index in [1.165, 1.54) is 0 Å².